The number of benzene rings is 2. The predicted molar refractivity (Wildman–Crippen MR) is 97.3 cm³/mol. The molecule has 0 saturated carbocycles. The van der Waals surface area contributed by atoms with Crippen LogP contribution >= 0.6 is 11.6 Å². The van der Waals surface area contributed by atoms with Crippen LogP contribution in [0.3, 0.4) is 0 Å². The Balaban J connectivity index is 1.68. The molecule has 2 aromatic rings. The Morgan fingerprint density at radius 3 is 2.80 bits per heavy atom. The average molecular weight is 364 g/mol. The molecule has 1 heterocycles. The van der Waals surface area contributed by atoms with Crippen LogP contribution in [0, 0.1) is 5.82 Å². The minimum absolute atomic E-state index is 0.0984. The summed E-state index contributed by atoms with van der Waals surface area (Å²) in [5.41, 5.74) is 1.43. The van der Waals surface area contributed by atoms with E-state index in [2.05, 4.69) is 4.90 Å². The van der Waals surface area contributed by atoms with Crippen molar-refractivity contribution >= 4 is 11.6 Å². The van der Waals surface area contributed by atoms with E-state index in [4.69, 9.17) is 16.3 Å². The SMILES string of the molecule is O[C@H]1CCCN(Cc2ccccc2OCc2c(F)cccc2Cl)CC1. The van der Waals surface area contributed by atoms with Gasteiger partial charge >= 0.3 is 0 Å². The molecule has 0 aromatic heterocycles. The lowest BCUT2D eigenvalue weighted by atomic mass is 10.1. The summed E-state index contributed by atoms with van der Waals surface area (Å²) in [6.45, 7) is 2.69. The first-order chi connectivity index (χ1) is 12.1. The molecule has 134 valence electrons. The van der Waals surface area contributed by atoms with Crippen LogP contribution in [0.5, 0.6) is 5.75 Å². The van der Waals surface area contributed by atoms with Crippen LogP contribution in [0.1, 0.15) is 30.4 Å². The van der Waals surface area contributed by atoms with E-state index in [1.807, 2.05) is 24.3 Å². The summed E-state index contributed by atoms with van der Waals surface area (Å²) in [5, 5.41) is 10.2. The summed E-state index contributed by atoms with van der Waals surface area (Å²) in [7, 11) is 0. The summed E-state index contributed by atoms with van der Waals surface area (Å²) >= 11 is 6.07. The van der Waals surface area contributed by atoms with E-state index < -0.39 is 0 Å². The lowest BCUT2D eigenvalue weighted by Gasteiger charge is -2.21. The number of aliphatic hydroxyl groups excluding tert-OH is 1. The topological polar surface area (TPSA) is 32.7 Å². The van der Waals surface area contributed by atoms with E-state index in [-0.39, 0.29) is 18.5 Å². The molecule has 0 radical (unpaired) electrons. The van der Waals surface area contributed by atoms with Gasteiger partial charge in [0.05, 0.1) is 11.1 Å². The van der Waals surface area contributed by atoms with E-state index in [0.29, 0.717) is 10.6 Å². The van der Waals surface area contributed by atoms with Crippen molar-refractivity contribution in [3.8, 4) is 5.75 Å². The van der Waals surface area contributed by atoms with Crippen molar-refractivity contribution in [2.45, 2.75) is 38.5 Å². The van der Waals surface area contributed by atoms with Crippen LogP contribution in [0.4, 0.5) is 4.39 Å². The summed E-state index contributed by atoms with van der Waals surface area (Å²) in [6.07, 6.45) is 2.46. The van der Waals surface area contributed by atoms with E-state index >= 15 is 0 Å². The zero-order valence-corrected chi connectivity index (χ0v) is 14.9. The van der Waals surface area contributed by atoms with Crippen molar-refractivity contribution in [1.82, 2.24) is 4.90 Å². The number of hydrogen-bond acceptors (Lipinski definition) is 3. The molecular formula is C20H23ClFNO2. The third kappa shape index (κ3) is 4.94. The molecule has 0 unspecified atom stereocenters. The second-order valence-corrected chi connectivity index (χ2v) is 6.86. The zero-order valence-electron chi connectivity index (χ0n) is 14.1. The number of aliphatic hydroxyl groups is 1. The number of hydrogen-bond donors (Lipinski definition) is 1. The van der Waals surface area contributed by atoms with Crippen molar-refractivity contribution in [2.24, 2.45) is 0 Å². The minimum atomic E-state index is -0.355. The number of nitrogens with zero attached hydrogens (tertiary/aromatic N) is 1. The van der Waals surface area contributed by atoms with Crippen molar-refractivity contribution in [1.29, 1.82) is 0 Å². The fourth-order valence-electron chi connectivity index (χ4n) is 3.13. The molecule has 3 rings (SSSR count). The number of para-hydroxylation sites is 1. The van der Waals surface area contributed by atoms with Crippen molar-refractivity contribution in [3.63, 3.8) is 0 Å². The van der Waals surface area contributed by atoms with Crippen LogP contribution in [0.25, 0.3) is 0 Å². The molecule has 25 heavy (non-hydrogen) atoms. The molecule has 1 saturated heterocycles. The standard InChI is InChI=1S/C20H23ClFNO2/c21-18-7-3-8-19(22)17(18)14-25-20-9-2-1-5-15(20)13-23-11-4-6-16(24)10-12-23/h1-3,5,7-9,16,24H,4,6,10-14H2/t16-/m0/s1. The molecule has 5 heteroatoms. The lowest BCUT2D eigenvalue weighted by Crippen LogP contribution is -2.25. The molecule has 3 nitrogen and oxygen atoms in total. The average Bonchev–Trinajstić information content (AvgIpc) is 2.80. The Morgan fingerprint density at radius 1 is 1.12 bits per heavy atom. The summed E-state index contributed by atoms with van der Waals surface area (Å²) in [4.78, 5) is 2.33. The van der Waals surface area contributed by atoms with E-state index in [1.54, 1.807) is 12.1 Å². The van der Waals surface area contributed by atoms with Gasteiger partial charge in [-0.3, -0.25) is 4.90 Å². The summed E-state index contributed by atoms with van der Waals surface area (Å²) in [5.74, 6) is 0.387. The van der Waals surface area contributed by atoms with Gasteiger partial charge in [0.15, 0.2) is 0 Å². The molecular weight excluding hydrogens is 341 g/mol. The van der Waals surface area contributed by atoms with Gasteiger partial charge in [-0.25, -0.2) is 4.39 Å². The maximum Gasteiger partial charge on any atom is 0.131 e. The predicted octanol–water partition coefficient (Wildman–Crippen LogP) is 4.40. The van der Waals surface area contributed by atoms with Gasteiger partial charge in [-0.2, -0.15) is 0 Å². The first kappa shape index (κ1) is 18.2. The molecule has 0 bridgehead atoms. The van der Waals surface area contributed by atoms with Gasteiger partial charge < -0.3 is 9.84 Å². The fraction of sp³-hybridized carbons (Fsp3) is 0.400. The molecule has 0 amide bonds. The molecule has 1 N–H and O–H groups in total. The van der Waals surface area contributed by atoms with Crippen molar-refractivity contribution < 1.29 is 14.2 Å². The highest BCUT2D eigenvalue weighted by Gasteiger charge is 2.17. The maximum absolute atomic E-state index is 13.9. The van der Waals surface area contributed by atoms with Gasteiger partial charge in [0.2, 0.25) is 0 Å². The van der Waals surface area contributed by atoms with Crippen molar-refractivity contribution in [3.05, 3.63) is 64.4 Å². The van der Waals surface area contributed by atoms with Crippen LogP contribution < -0.4 is 4.74 Å². The quantitative estimate of drug-likeness (QED) is 0.854. The Hall–Kier alpha value is -1.62. The molecule has 1 fully saturated rings. The van der Waals surface area contributed by atoms with Crippen LogP contribution in [0.15, 0.2) is 42.5 Å². The van der Waals surface area contributed by atoms with Gasteiger partial charge in [0.1, 0.15) is 18.2 Å². The Labute approximate surface area is 153 Å². The summed E-state index contributed by atoms with van der Waals surface area (Å²) in [6, 6.07) is 12.5. The third-order valence-electron chi connectivity index (χ3n) is 4.59. The monoisotopic (exact) mass is 363 g/mol. The maximum atomic E-state index is 13.9. The zero-order chi connectivity index (χ0) is 17.6. The second kappa shape index (κ2) is 8.65. The Morgan fingerprint density at radius 2 is 1.96 bits per heavy atom. The highest BCUT2D eigenvalue weighted by atomic mass is 35.5. The van der Waals surface area contributed by atoms with Crippen LogP contribution in [-0.4, -0.2) is 29.2 Å². The fourth-order valence-corrected chi connectivity index (χ4v) is 3.35. The second-order valence-electron chi connectivity index (χ2n) is 6.46. The van der Waals surface area contributed by atoms with E-state index in [0.717, 1.165) is 50.2 Å². The third-order valence-corrected chi connectivity index (χ3v) is 4.94. The first-order valence-electron chi connectivity index (χ1n) is 8.67. The highest BCUT2D eigenvalue weighted by molar-refractivity contribution is 6.31. The lowest BCUT2D eigenvalue weighted by molar-refractivity contribution is 0.154. The Kier molecular flexibility index (Phi) is 6.29. The number of rotatable bonds is 5. The van der Waals surface area contributed by atoms with Crippen LogP contribution in [-0.2, 0) is 13.2 Å². The van der Waals surface area contributed by atoms with Gasteiger partial charge in [-0.05, 0) is 44.0 Å². The molecule has 2 aromatic carbocycles. The molecule has 0 spiro atoms. The van der Waals surface area contributed by atoms with E-state index in [9.17, 15) is 9.50 Å². The van der Waals surface area contributed by atoms with Gasteiger partial charge in [0, 0.05) is 24.2 Å². The molecule has 1 aliphatic rings. The minimum Gasteiger partial charge on any atom is -0.488 e. The Bertz CT molecular complexity index is 690. The largest absolute Gasteiger partial charge is 0.488 e. The first-order valence-corrected chi connectivity index (χ1v) is 9.05. The van der Waals surface area contributed by atoms with Gasteiger partial charge in [-0.1, -0.05) is 35.9 Å². The normalized spacial score (nSPS) is 18.8. The van der Waals surface area contributed by atoms with Crippen molar-refractivity contribution in [2.75, 3.05) is 13.1 Å². The molecule has 1 aliphatic heterocycles. The number of ether oxygens (including phenoxy) is 1. The summed E-state index contributed by atoms with van der Waals surface area (Å²) < 4.78 is 19.8. The smallest absolute Gasteiger partial charge is 0.131 e. The molecule has 1 atom stereocenters. The number of likely N-dealkylation sites (tertiary alicyclic amines) is 1. The van der Waals surface area contributed by atoms with Gasteiger partial charge in [-0.15, -0.1) is 0 Å². The van der Waals surface area contributed by atoms with Gasteiger partial charge in [0.25, 0.3) is 0 Å². The van der Waals surface area contributed by atoms with Crippen LogP contribution in [0.2, 0.25) is 5.02 Å². The highest BCUT2D eigenvalue weighted by Crippen LogP contribution is 2.25. The number of halogens is 2. The molecule has 0 aliphatic carbocycles. The van der Waals surface area contributed by atoms with E-state index in [1.165, 1.54) is 6.07 Å².